The second-order valence-corrected chi connectivity index (χ2v) is 6.02. The molecule has 26 heavy (non-hydrogen) atoms. The summed E-state index contributed by atoms with van der Waals surface area (Å²) in [5, 5.41) is 0. The van der Waals surface area contributed by atoms with E-state index >= 15 is 0 Å². The zero-order valence-electron chi connectivity index (χ0n) is 14.9. The van der Waals surface area contributed by atoms with Gasteiger partial charge in [-0.2, -0.15) is 0 Å². The van der Waals surface area contributed by atoms with Gasteiger partial charge in [-0.1, -0.05) is 97.9 Å². The van der Waals surface area contributed by atoms with Crippen molar-refractivity contribution in [2.24, 2.45) is 15.7 Å². The molecule has 3 aromatic rings. The minimum absolute atomic E-state index is 0.0405. The van der Waals surface area contributed by atoms with Gasteiger partial charge in [-0.15, -0.1) is 0 Å². The third-order valence-electron chi connectivity index (χ3n) is 4.18. The average molecular weight is 341 g/mol. The molecular weight excluding hydrogens is 318 g/mol. The molecule has 0 amide bonds. The van der Waals surface area contributed by atoms with Gasteiger partial charge in [-0.3, -0.25) is 4.99 Å². The highest BCUT2D eigenvalue weighted by Gasteiger charge is 2.11. The summed E-state index contributed by atoms with van der Waals surface area (Å²) in [4.78, 5) is 9.62. The Bertz CT molecular complexity index is 869. The molecule has 0 aliphatic carbocycles. The van der Waals surface area contributed by atoms with Gasteiger partial charge in [0.25, 0.3) is 0 Å². The maximum atomic E-state index is 6.26. The molecule has 130 valence electrons. The zero-order valence-corrected chi connectivity index (χ0v) is 14.9. The third kappa shape index (κ3) is 4.45. The molecule has 0 aromatic heterocycles. The average Bonchev–Trinajstić information content (AvgIpc) is 2.73. The lowest BCUT2D eigenvalue weighted by atomic mass is 10.1. The van der Waals surface area contributed by atoms with Crippen LogP contribution in [0, 0.1) is 0 Å². The van der Waals surface area contributed by atoms with Crippen molar-refractivity contribution in [1.82, 2.24) is 0 Å². The zero-order chi connectivity index (χ0) is 18.2. The molecule has 3 rings (SSSR count). The van der Waals surface area contributed by atoms with Crippen molar-refractivity contribution < 1.29 is 0 Å². The van der Waals surface area contributed by atoms with Crippen molar-refractivity contribution in [3.63, 3.8) is 0 Å². The Morgan fingerprint density at radius 3 is 1.81 bits per heavy atom. The second-order valence-electron chi connectivity index (χ2n) is 6.02. The molecule has 3 aromatic carbocycles. The van der Waals surface area contributed by atoms with Crippen molar-refractivity contribution in [2.45, 2.75) is 19.4 Å². The normalized spacial score (nSPS) is 13.4. The molecule has 0 saturated heterocycles. The Balaban J connectivity index is 2.04. The van der Waals surface area contributed by atoms with Crippen LogP contribution in [0.2, 0.25) is 0 Å². The molecule has 0 fully saturated rings. The smallest absolute Gasteiger partial charge is 0.157 e. The summed E-state index contributed by atoms with van der Waals surface area (Å²) in [6, 6.07) is 30.1. The van der Waals surface area contributed by atoms with Crippen LogP contribution in [0.5, 0.6) is 0 Å². The number of rotatable bonds is 5. The first-order chi connectivity index (χ1) is 12.8. The molecule has 0 radical (unpaired) electrons. The molecule has 0 heterocycles. The summed E-state index contributed by atoms with van der Waals surface area (Å²) in [6.07, 6.45) is 0.890. The van der Waals surface area contributed by atoms with Gasteiger partial charge in [0, 0.05) is 11.1 Å². The van der Waals surface area contributed by atoms with Crippen LogP contribution < -0.4 is 5.73 Å². The number of hydrogen-bond donors (Lipinski definition) is 1. The molecule has 2 N–H and O–H groups in total. The van der Waals surface area contributed by atoms with E-state index in [1.807, 2.05) is 78.9 Å². The van der Waals surface area contributed by atoms with Crippen LogP contribution in [0.3, 0.4) is 0 Å². The molecule has 0 bridgehead atoms. The van der Waals surface area contributed by atoms with E-state index in [2.05, 4.69) is 24.0 Å². The maximum Gasteiger partial charge on any atom is 0.157 e. The van der Waals surface area contributed by atoms with Crippen LogP contribution in [0.25, 0.3) is 0 Å². The molecular formula is C23H23N3. The molecule has 0 spiro atoms. The molecule has 0 saturated carbocycles. The summed E-state index contributed by atoms with van der Waals surface area (Å²) in [5.74, 6) is 1.12. The second kappa shape index (κ2) is 8.77. The highest BCUT2D eigenvalue weighted by molar-refractivity contribution is 6.10. The predicted molar refractivity (Wildman–Crippen MR) is 110 cm³/mol. The van der Waals surface area contributed by atoms with Crippen LogP contribution in [0.4, 0.5) is 0 Å². The van der Waals surface area contributed by atoms with E-state index in [1.165, 1.54) is 5.56 Å². The van der Waals surface area contributed by atoms with E-state index in [0.29, 0.717) is 11.7 Å². The van der Waals surface area contributed by atoms with Gasteiger partial charge in [0.1, 0.15) is 5.84 Å². The maximum absolute atomic E-state index is 6.26. The summed E-state index contributed by atoms with van der Waals surface area (Å²) in [5.41, 5.74) is 9.29. The summed E-state index contributed by atoms with van der Waals surface area (Å²) >= 11 is 0. The highest BCUT2D eigenvalue weighted by Crippen LogP contribution is 2.22. The Hall–Kier alpha value is -3.20. The Morgan fingerprint density at radius 1 is 0.769 bits per heavy atom. The van der Waals surface area contributed by atoms with Gasteiger partial charge in [-0.05, 0) is 12.0 Å². The lowest BCUT2D eigenvalue weighted by Gasteiger charge is -2.13. The lowest BCUT2D eigenvalue weighted by Crippen LogP contribution is -2.16. The van der Waals surface area contributed by atoms with E-state index in [9.17, 15) is 0 Å². The largest absolute Gasteiger partial charge is 0.383 e. The molecule has 3 nitrogen and oxygen atoms in total. The number of nitrogens with two attached hydrogens (primary N) is 1. The number of hydrogen-bond acceptors (Lipinski definition) is 1. The highest BCUT2D eigenvalue weighted by atomic mass is 15.0. The van der Waals surface area contributed by atoms with Crippen molar-refractivity contribution in [1.29, 1.82) is 0 Å². The minimum Gasteiger partial charge on any atom is -0.383 e. The van der Waals surface area contributed by atoms with Gasteiger partial charge in [-0.25, -0.2) is 4.99 Å². The Labute approximate surface area is 155 Å². The summed E-state index contributed by atoms with van der Waals surface area (Å²) < 4.78 is 0. The first-order valence-corrected chi connectivity index (χ1v) is 8.85. The molecule has 3 heteroatoms. The van der Waals surface area contributed by atoms with E-state index in [-0.39, 0.29) is 6.04 Å². The van der Waals surface area contributed by atoms with Crippen molar-refractivity contribution in [3.05, 3.63) is 108 Å². The van der Waals surface area contributed by atoms with E-state index in [4.69, 9.17) is 10.7 Å². The van der Waals surface area contributed by atoms with Crippen LogP contribution in [0.1, 0.15) is 36.1 Å². The standard InChI is InChI=1S/C23H23N3/c1-2-21(18-12-6-3-7-13-18)25-23(20-16-10-5-11-17-20)26-22(24)19-14-8-4-9-15-19/h3-17,21H,2H2,1H3,(H2,24,25,26). The van der Waals surface area contributed by atoms with Gasteiger partial charge in [0.2, 0.25) is 0 Å². The summed E-state index contributed by atoms with van der Waals surface area (Å²) in [6.45, 7) is 2.13. The van der Waals surface area contributed by atoms with Gasteiger partial charge in [0.05, 0.1) is 6.04 Å². The van der Waals surface area contributed by atoms with Gasteiger partial charge in [0.15, 0.2) is 5.84 Å². The van der Waals surface area contributed by atoms with E-state index in [1.54, 1.807) is 0 Å². The molecule has 0 aliphatic heterocycles. The monoisotopic (exact) mass is 341 g/mol. The molecule has 1 unspecified atom stereocenters. The van der Waals surface area contributed by atoms with E-state index in [0.717, 1.165) is 17.5 Å². The number of aliphatic imine (C=N–C) groups is 2. The molecule has 0 aliphatic rings. The Kier molecular flexibility index (Phi) is 5.94. The lowest BCUT2D eigenvalue weighted by molar-refractivity contribution is 0.700. The number of benzene rings is 3. The first-order valence-electron chi connectivity index (χ1n) is 8.85. The van der Waals surface area contributed by atoms with Crippen LogP contribution >= 0.6 is 0 Å². The van der Waals surface area contributed by atoms with Gasteiger partial charge < -0.3 is 5.73 Å². The van der Waals surface area contributed by atoms with Gasteiger partial charge >= 0.3 is 0 Å². The fraction of sp³-hybridized carbons (Fsp3) is 0.130. The van der Waals surface area contributed by atoms with Crippen molar-refractivity contribution in [2.75, 3.05) is 0 Å². The van der Waals surface area contributed by atoms with Crippen LogP contribution in [-0.2, 0) is 0 Å². The SMILES string of the molecule is CCC(N=C(N=C(N)c1ccccc1)c1ccccc1)c1ccccc1. The predicted octanol–water partition coefficient (Wildman–Crippen LogP) is 4.99. The van der Waals surface area contributed by atoms with Crippen LogP contribution in [-0.4, -0.2) is 11.7 Å². The van der Waals surface area contributed by atoms with Crippen molar-refractivity contribution >= 4 is 11.7 Å². The third-order valence-corrected chi connectivity index (χ3v) is 4.18. The van der Waals surface area contributed by atoms with E-state index < -0.39 is 0 Å². The molecule has 1 atom stereocenters. The fourth-order valence-electron chi connectivity index (χ4n) is 2.77. The topological polar surface area (TPSA) is 50.7 Å². The minimum atomic E-state index is 0.0405. The summed E-state index contributed by atoms with van der Waals surface area (Å²) in [7, 11) is 0. The Morgan fingerprint density at radius 2 is 1.27 bits per heavy atom. The number of nitrogens with zero attached hydrogens (tertiary/aromatic N) is 2. The quantitative estimate of drug-likeness (QED) is 0.516. The van der Waals surface area contributed by atoms with Crippen molar-refractivity contribution in [3.8, 4) is 0 Å². The number of amidine groups is 2. The van der Waals surface area contributed by atoms with Crippen LogP contribution in [0.15, 0.2) is 101 Å². The first kappa shape index (κ1) is 17.6. The fourth-order valence-corrected chi connectivity index (χ4v) is 2.77.